The summed E-state index contributed by atoms with van der Waals surface area (Å²) in [5, 5.41) is 3.75. The van der Waals surface area contributed by atoms with Crippen molar-refractivity contribution in [1.82, 2.24) is 10.2 Å². The summed E-state index contributed by atoms with van der Waals surface area (Å²) < 4.78 is 5.70. The van der Waals surface area contributed by atoms with Crippen molar-refractivity contribution in [2.24, 2.45) is 5.73 Å². The van der Waals surface area contributed by atoms with Crippen LogP contribution in [0.5, 0.6) is 5.75 Å². The molecule has 1 amide bonds. The fourth-order valence-electron chi connectivity index (χ4n) is 2.56. The van der Waals surface area contributed by atoms with Crippen LogP contribution in [0.15, 0.2) is 24.3 Å². The zero-order valence-corrected chi connectivity index (χ0v) is 13.5. The molecule has 1 fully saturated rings. The topological polar surface area (TPSA) is 67.6 Å². The molecule has 6 heteroatoms. The van der Waals surface area contributed by atoms with E-state index in [9.17, 15) is 4.79 Å². The summed E-state index contributed by atoms with van der Waals surface area (Å²) in [4.78, 5) is 13.9. The predicted molar refractivity (Wildman–Crippen MR) is 88.2 cm³/mol. The number of amides is 1. The Bertz CT molecular complexity index is 459. The Kier molecular flexibility index (Phi) is 6.96. The number of carbonyl (C=O) groups excluding carboxylic acids is 1. The third-order valence-corrected chi connectivity index (χ3v) is 4.07. The molecule has 0 atom stereocenters. The van der Waals surface area contributed by atoms with Gasteiger partial charge in [-0.05, 0) is 37.1 Å². The zero-order chi connectivity index (χ0) is 15.8. The van der Waals surface area contributed by atoms with Crippen molar-refractivity contribution in [2.45, 2.75) is 25.3 Å². The number of benzene rings is 1. The number of carbonyl (C=O) groups is 1. The molecule has 3 N–H and O–H groups in total. The summed E-state index contributed by atoms with van der Waals surface area (Å²) in [6, 6.07) is 7.69. The minimum Gasteiger partial charge on any atom is -0.492 e. The van der Waals surface area contributed by atoms with Crippen LogP contribution in [0.3, 0.4) is 0 Å². The normalized spacial score (nSPS) is 16.5. The molecule has 0 saturated carbocycles. The van der Waals surface area contributed by atoms with Crippen LogP contribution < -0.4 is 15.8 Å². The van der Waals surface area contributed by atoms with Crippen LogP contribution in [0.1, 0.15) is 19.3 Å². The van der Waals surface area contributed by atoms with Crippen molar-refractivity contribution in [3.8, 4) is 5.75 Å². The first-order valence-electron chi connectivity index (χ1n) is 7.77. The summed E-state index contributed by atoms with van der Waals surface area (Å²) in [7, 11) is 0. The second kappa shape index (κ2) is 8.98. The minimum absolute atomic E-state index is 0.0621. The maximum absolute atomic E-state index is 11.5. The molecular weight excluding hydrogens is 302 g/mol. The highest BCUT2D eigenvalue weighted by molar-refractivity contribution is 6.30. The lowest BCUT2D eigenvalue weighted by Gasteiger charge is -2.32. The van der Waals surface area contributed by atoms with Gasteiger partial charge in [-0.3, -0.25) is 9.69 Å². The first-order chi connectivity index (χ1) is 10.7. The van der Waals surface area contributed by atoms with Gasteiger partial charge in [-0.15, -0.1) is 0 Å². The van der Waals surface area contributed by atoms with Gasteiger partial charge >= 0.3 is 0 Å². The monoisotopic (exact) mass is 325 g/mol. The van der Waals surface area contributed by atoms with E-state index in [-0.39, 0.29) is 11.9 Å². The molecule has 0 radical (unpaired) electrons. The molecule has 122 valence electrons. The van der Waals surface area contributed by atoms with Gasteiger partial charge in [0, 0.05) is 43.7 Å². The molecule has 1 aromatic rings. The van der Waals surface area contributed by atoms with E-state index in [1.807, 2.05) is 24.3 Å². The summed E-state index contributed by atoms with van der Waals surface area (Å²) in [5.41, 5.74) is 5.38. The van der Waals surface area contributed by atoms with Crippen LogP contribution in [-0.2, 0) is 4.79 Å². The van der Waals surface area contributed by atoms with Gasteiger partial charge in [-0.1, -0.05) is 11.6 Å². The van der Waals surface area contributed by atoms with Crippen molar-refractivity contribution in [3.63, 3.8) is 0 Å². The molecule has 0 spiro atoms. The van der Waals surface area contributed by atoms with E-state index < -0.39 is 0 Å². The lowest BCUT2D eigenvalue weighted by atomic mass is 10.0. The predicted octanol–water partition coefficient (Wildman–Crippen LogP) is 1.65. The smallest absolute Gasteiger partial charge is 0.221 e. The fourth-order valence-corrected chi connectivity index (χ4v) is 2.68. The summed E-state index contributed by atoms with van der Waals surface area (Å²) in [5.74, 6) is 0.903. The van der Waals surface area contributed by atoms with Crippen LogP contribution in [0.2, 0.25) is 5.02 Å². The fraction of sp³-hybridized carbons (Fsp3) is 0.562. The lowest BCUT2D eigenvalue weighted by molar-refractivity contribution is -0.121. The molecular formula is C16H24ClN3O2. The van der Waals surface area contributed by atoms with Gasteiger partial charge in [0.05, 0.1) is 0 Å². The van der Waals surface area contributed by atoms with E-state index >= 15 is 0 Å². The van der Waals surface area contributed by atoms with Crippen molar-refractivity contribution < 1.29 is 9.53 Å². The number of halogens is 1. The van der Waals surface area contributed by atoms with Crippen molar-refractivity contribution in [2.75, 3.05) is 32.8 Å². The highest BCUT2D eigenvalue weighted by atomic mass is 35.5. The van der Waals surface area contributed by atoms with E-state index in [1.54, 1.807) is 0 Å². The zero-order valence-electron chi connectivity index (χ0n) is 12.8. The Morgan fingerprint density at radius 3 is 2.64 bits per heavy atom. The highest BCUT2D eigenvalue weighted by Gasteiger charge is 2.20. The van der Waals surface area contributed by atoms with E-state index in [0.29, 0.717) is 24.6 Å². The molecule has 1 saturated heterocycles. The molecule has 1 aliphatic rings. The Morgan fingerprint density at radius 1 is 1.32 bits per heavy atom. The molecule has 1 aliphatic heterocycles. The summed E-state index contributed by atoms with van der Waals surface area (Å²) in [6.07, 6.45) is 2.38. The van der Waals surface area contributed by atoms with E-state index in [2.05, 4.69) is 10.2 Å². The van der Waals surface area contributed by atoms with Crippen LogP contribution in [0.4, 0.5) is 0 Å². The number of ether oxygens (including phenoxy) is 1. The summed E-state index contributed by atoms with van der Waals surface area (Å²) >= 11 is 5.84. The summed E-state index contributed by atoms with van der Waals surface area (Å²) in [6.45, 7) is 3.93. The van der Waals surface area contributed by atoms with Gasteiger partial charge in [0.25, 0.3) is 0 Å². The van der Waals surface area contributed by atoms with Crippen molar-refractivity contribution in [3.05, 3.63) is 29.3 Å². The molecule has 5 nitrogen and oxygen atoms in total. The van der Waals surface area contributed by atoms with Gasteiger partial charge in [0.1, 0.15) is 12.4 Å². The Morgan fingerprint density at radius 2 is 2.00 bits per heavy atom. The van der Waals surface area contributed by atoms with Gasteiger partial charge < -0.3 is 15.8 Å². The maximum Gasteiger partial charge on any atom is 0.221 e. The average Bonchev–Trinajstić information content (AvgIpc) is 2.51. The lowest BCUT2D eigenvalue weighted by Crippen LogP contribution is -2.45. The highest BCUT2D eigenvalue weighted by Crippen LogP contribution is 2.16. The van der Waals surface area contributed by atoms with Crippen LogP contribution in [-0.4, -0.2) is 49.6 Å². The number of nitrogens with two attached hydrogens (primary N) is 1. The number of hydrogen-bond acceptors (Lipinski definition) is 4. The van der Waals surface area contributed by atoms with E-state index in [4.69, 9.17) is 22.1 Å². The molecule has 22 heavy (non-hydrogen) atoms. The Balaban J connectivity index is 1.61. The Hall–Kier alpha value is -1.30. The van der Waals surface area contributed by atoms with Crippen molar-refractivity contribution >= 4 is 17.5 Å². The van der Waals surface area contributed by atoms with Crippen molar-refractivity contribution in [1.29, 1.82) is 0 Å². The van der Waals surface area contributed by atoms with Gasteiger partial charge in [-0.25, -0.2) is 0 Å². The number of piperidine rings is 1. The second-order valence-corrected chi connectivity index (χ2v) is 5.96. The van der Waals surface area contributed by atoms with E-state index in [0.717, 1.165) is 38.2 Å². The van der Waals surface area contributed by atoms with Gasteiger partial charge in [-0.2, -0.15) is 0 Å². The van der Waals surface area contributed by atoms with E-state index in [1.165, 1.54) is 0 Å². The quantitative estimate of drug-likeness (QED) is 0.800. The largest absolute Gasteiger partial charge is 0.492 e. The minimum atomic E-state index is 0.0621. The molecule has 0 aromatic heterocycles. The Labute approximate surface area is 136 Å². The third-order valence-electron chi connectivity index (χ3n) is 3.81. The number of nitrogens with one attached hydrogen (secondary N) is 1. The number of likely N-dealkylation sites (tertiary alicyclic amines) is 1. The van der Waals surface area contributed by atoms with Gasteiger partial charge in [0.15, 0.2) is 0 Å². The molecule has 2 rings (SSSR count). The number of rotatable bonds is 7. The van der Waals surface area contributed by atoms with Gasteiger partial charge in [0.2, 0.25) is 5.91 Å². The van der Waals surface area contributed by atoms with Crippen LogP contribution >= 0.6 is 11.6 Å². The number of nitrogens with zero attached hydrogens (tertiary/aromatic N) is 1. The second-order valence-electron chi connectivity index (χ2n) is 5.52. The first-order valence-corrected chi connectivity index (χ1v) is 8.15. The molecule has 0 aliphatic carbocycles. The molecule has 1 heterocycles. The van der Waals surface area contributed by atoms with Crippen LogP contribution in [0, 0.1) is 0 Å². The maximum atomic E-state index is 11.5. The average molecular weight is 326 g/mol. The molecule has 0 bridgehead atoms. The molecule has 1 aromatic carbocycles. The number of hydrogen-bond donors (Lipinski definition) is 2. The first kappa shape index (κ1) is 17.1. The SMILES string of the molecule is NCCC(=O)NC1CCN(CCOc2ccc(Cl)cc2)CC1. The third kappa shape index (κ3) is 5.83. The molecule has 0 unspecified atom stereocenters. The van der Waals surface area contributed by atoms with Crippen LogP contribution in [0.25, 0.3) is 0 Å². The standard InChI is InChI=1S/C16H24ClN3O2/c17-13-1-3-15(4-2-13)22-12-11-20-9-6-14(7-10-20)19-16(21)5-8-18/h1-4,14H,5-12,18H2,(H,19,21).